The molecule has 1 amide bonds. The lowest BCUT2D eigenvalue weighted by atomic mass is 9.99. The van der Waals surface area contributed by atoms with Crippen molar-refractivity contribution >= 4 is 29.1 Å². The predicted molar refractivity (Wildman–Crippen MR) is 72.5 cm³/mol. The molecule has 1 saturated carbocycles. The van der Waals surface area contributed by atoms with Crippen molar-refractivity contribution < 1.29 is 9.90 Å². The van der Waals surface area contributed by atoms with E-state index < -0.39 is 0 Å². The van der Waals surface area contributed by atoms with Crippen LogP contribution in [0.3, 0.4) is 0 Å². The zero-order valence-electron chi connectivity index (χ0n) is 9.88. The third kappa shape index (κ3) is 2.73. The minimum Gasteiger partial charge on any atom is -0.507 e. The van der Waals surface area contributed by atoms with E-state index in [0.29, 0.717) is 10.9 Å². The predicted octanol–water partition coefficient (Wildman–Crippen LogP) is 3.33. The molecule has 0 bridgehead atoms. The maximum absolute atomic E-state index is 12.1. The molecule has 98 valence electrons. The first-order chi connectivity index (χ1) is 8.56. The number of carbonyl (C=O) groups excluding carboxylic acids is 1. The van der Waals surface area contributed by atoms with E-state index in [1.165, 1.54) is 12.1 Å². The van der Waals surface area contributed by atoms with Crippen LogP contribution >= 0.6 is 23.2 Å². The SMILES string of the molecule is O=C(NC1(CCl)CCCC1)c1cc(Cl)ccc1O. The summed E-state index contributed by atoms with van der Waals surface area (Å²) >= 11 is 11.8. The molecule has 0 aromatic heterocycles. The monoisotopic (exact) mass is 287 g/mol. The summed E-state index contributed by atoms with van der Waals surface area (Å²) in [6.45, 7) is 0. The molecule has 3 nitrogen and oxygen atoms in total. The number of carbonyl (C=O) groups is 1. The molecule has 5 heteroatoms. The molecule has 2 N–H and O–H groups in total. The highest BCUT2D eigenvalue weighted by Crippen LogP contribution is 2.31. The molecule has 0 aliphatic heterocycles. The van der Waals surface area contributed by atoms with Gasteiger partial charge in [-0.3, -0.25) is 4.79 Å². The molecule has 1 aromatic rings. The van der Waals surface area contributed by atoms with E-state index in [9.17, 15) is 9.90 Å². The summed E-state index contributed by atoms with van der Waals surface area (Å²) in [5.41, 5.74) is -0.146. The first-order valence-electron chi connectivity index (χ1n) is 5.93. The van der Waals surface area contributed by atoms with Gasteiger partial charge in [-0.25, -0.2) is 0 Å². The average Bonchev–Trinajstić information content (AvgIpc) is 2.81. The van der Waals surface area contributed by atoms with Gasteiger partial charge in [0.25, 0.3) is 5.91 Å². The number of phenolic OH excluding ortho intramolecular Hbond substituents is 1. The topological polar surface area (TPSA) is 49.3 Å². The summed E-state index contributed by atoms with van der Waals surface area (Å²) < 4.78 is 0. The van der Waals surface area contributed by atoms with Crippen molar-refractivity contribution in [3.8, 4) is 5.75 Å². The van der Waals surface area contributed by atoms with E-state index >= 15 is 0 Å². The number of benzene rings is 1. The molecule has 0 atom stereocenters. The lowest BCUT2D eigenvalue weighted by Gasteiger charge is -2.28. The second-order valence-corrected chi connectivity index (χ2v) is 5.44. The largest absolute Gasteiger partial charge is 0.507 e. The number of alkyl halides is 1. The van der Waals surface area contributed by atoms with Crippen molar-refractivity contribution in [2.75, 3.05) is 5.88 Å². The van der Waals surface area contributed by atoms with Gasteiger partial charge in [-0.15, -0.1) is 11.6 Å². The number of phenols is 1. The van der Waals surface area contributed by atoms with Gasteiger partial charge in [-0.1, -0.05) is 24.4 Å². The molecule has 1 fully saturated rings. The highest BCUT2D eigenvalue weighted by Gasteiger charge is 2.35. The number of amides is 1. The molecule has 2 rings (SSSR count). The molecular formula is C13H15Cl2NO2. The molecule has 0 unspecified atom stereocenters. The molecule has 18 heavy (non-hydrogen) atoms. The molecule has 0 spiro atoms. The summed E-state index contributed by atoms with van der Waals surface area (Å²) in [5, 5.41) is 13.0. The fourth-order valence-electron chi connectivity index (χ4n) is 2.34. The first-order valence-corrected chi connectivity index (χ1v) is 6.85. The zero-order chi connectivity index (χ0) is 13.2. The van der Waals surface area contributed by atoms with E-state index in [1.54, 1.807) is 6.07 Å². The standard InChI is InChI=1S/C13H15Cl2NO2/c14-8-13(5-1-2-6-13)16-12(18)10-7-9(15)3-4-11(10)17/h3-4,7,17H,1-2,5-6,8H2,(H,16,18). The third-order valence-corrected chi connectivity index (χ3v) is 4.15. The van der Waals surface area contributed by atoms with Crippen LogP contribution in [-0.4, -0.2) is 22.4 Å². The maximum atomic E-state index is 12.1. The smallest absolute Gasteiger partial charge is 0.255 e. The van der Waals surface area contributed by atoms with Crippen molar-refractivity contribution in [3.05, 3.63) is 28.8 Å². The Labute approximate surface area is 116 Å². The van der Waals surface area contributed by atoms with Gasteiger partial charge in [0.2, 0.25) is 0 Å². The number of aromatic hydroxyl groups is 1. The van der Waals surface area contributed by atoms with Crippen molar-refractivity contribution in [2.24, 2.45) is 0 Å². The van der Waals surface area contributed by atoms with Gasteiger partial charge in [0.15, 0.2) is 0 Å². The Hall–Kier alpha value is -0.930. The molecule has 1 aromatic carbocycles. The second-order valence-electron chi connectivity index (χ2n) is 4.74. The number of halogens is 2. The van der Waals surface area contributed by atoms with Gasteiger partial charge < -0.3 is 10.4 Å². The normalized spacial score (nSPS) is 17.7. The lowest BCUT2D eigenvalue weighted by molar-refractivity contribution is 0.0906. The minimum absolute atomic E-state index is 0.0698. The third-order valence-electron chi connectivity index (χ3n) is 3.40. The van der Waals surface area contributed by atoms with Gasteiger partial charge in [0.1, 0.15) is 5.75 Å². The van der Waals surface area contributed by atoms with Crippen molar-refractivity contribution in [1.29, 1.82) is 0 Å². The van der Waals surface area contributed by atoms with Crippen LogP contribution in [0.25, 0.3) is 0 Å². The number of rotatable bonds is 3. The Balaban J connectivity index is 2.18. The minimum atomic E-state index is -0.340. The summed E-state index contributed by atoms with van der Waals surface area (Å²) in [6, 6.07) is 4.42. The zero-order valence-corrected chi connectivity index (χ0v) is 11.4. The number of hydrogen-bond acceptors (Lipinski definition) is 2. The van der Waals surface area contributed by atoms with Crippen molar-refractivity contribution in [1.82, 2.24) is 5.32 Å². The van der Waals surface area contributed by atoms with Gasteiger partial charge in [0, 0.05) is 10.9 Å². The molecule has 0 radical (unpaired) electrons. The van der Waals surface area contributed by atoms with Crippen LogP contribution in [-0.2, 0) is 0 Å². The van der Waals surface area contributed by atoms with E-state index in [0.717, 1.165) is 25.7 Å². The van der Waals surface area contributed by atoms with E-state index in [2.05, 4.69) is 5.32 Å². The van der Waals surface area contributed by atoms with Crippen LogP contribution in [0.2, 0.25) is 5.02 Å². The van der Waals surface area contributed by atoms with E-state index in [4.69, 9.17) is 23.2 Å². The van der Waals surface area contributed by atoms with E-state index in [1.807, 2.05) is 0 Å². The Kier molecular flexibility index (Phi) is 4.03. The lowest BCUT2D eigenvalue weighted by Crippen LogP contribution is -2.47. The number of hydrogen-bond donors (Lipinski definition) is 2. The Morgan fingerprint density at radius 3 is 2.67 bits per heavy atom. The quantitative estimate of drug-likeness (QED) is 0.838. The van der Waals surface area contributed by atoms with Crippen LogP contribution in [0, 0.1) is 0 Å². The Morgan fingerprint density at radius 1 is 1.39 bits per heavy atom. The Bertz CT molecular complexity index is 456. The highest BCUT2D eigenvalue weighted by atomic mass is 35.5. The molecule has 0 heterocycles. The van der Waals surface area contributed by atoms with Crippen molar-refractivity contribution in [2.45, 2.75) is 31.2 Å². The summed E-state index contributed by atoms with van der Waals surface area (Å²) in [4.78, 5) is 12.1. The van der Waals surface area contributed by atoms with Gasteiger partial charge >= 0.3 is 0 Å². The van der Waals surface area contributed by atoms with Crippen LogP contribution in [0.5, 0.6) is 5.75 Å². The van der Waals surface area contributed by atoms with Crippen LogP contribution < -0.4 is 5.32 Å². The number of nitrogens with one attached hydrogen (secondary N) is 1. The fourth-order valence-corrected chi connectivity index (χ4v) is 2.85. The van der Waals surface area contributed by atoms with Gasteiger partial charge in [-0.05, 0) is 31.0 Å². The fraction of sp³-hybridized carbons (Fsp3) is 0.462. The summed E-state index contributed by atoms with van der Waals surface area (Å²) in [6.07, 6.45) is 3.89. The first kappa shape index (κ1) is 13.5. The summed E-state index contributed by atoms with van der Waals surface area (Å²) in [7, 11) is 0. The molecular weight excluding hydrogens is 273 g/mol. The second kappa shape index (κ2) is 5.37. The Morgan fingerprint density at radius 2 is 2.06 bits per heavy atom. The molecule has 1 aliphatic carbocycles. The molecule has 0 saturated heterocycles. The van der Waals surface area contributed by atoms with Crippen molar-refractivity contribution in [3.63, 3.8) is 0 Å². The van der Waals surface area contributed by atoms with Gasteiger partial charge in [0.05, 0.1) is 11.1 Å². The van der Waals surface area contributed by atoms with E-state index in [-0.39, 0.29) is 22.8 Å². The summed E-state index contributed by atoms with van der Waals surface area (Å²) in [5.74, 6) is -0.00255. The maximum Gasteiger partial charge on any atom is 0.255 e. The molecule has 1 aliphatic rings. The highest BCUT2D eigenvalue weighted by molar-refractivity contribution is 6.31. The van der Waals surface area contributed by atoms with Crippen LogP contribution in [0.4, 0.5) is 0 Å². The van der Waals surface area contributed by atoms with Gasteiger partial charge in [-0.2, -0.15) is 0 Å². The van der Waals surface area contributed by atoms with Crippen LogP contribution in [0.1, 0.15) is 36.0 Å². The average molecular weight is 288 g/mol. The van der Waals surface area contributed by atoms with Crippen LogP contribution in [0.15, 0.2) is 18.2 Å².